The molecule has 0 aliphatic heterocycles. The van der Waals surface area contributed by atoms with Gasteiger partial charge in [0.15, 0.2) is 0 Å². The molecule has 1 N–H and O–H groups in total. The van der Waals surface area contributed by atoms with Gasteiger partial charge in [-0.05, 0) is 19.1 Å². The lowest BCUT2D eigenvalue weighted by molar-refractivity contribution is 0.192. The van der Waals surface area contributed by atoms with Crippen LogP contribution in [0, 0.1) is 0 Å². The van der Waals surface area contributed by atoms with Crippen molar-refractivity contribution in [1.29, 1.82) is 0 Å². The molecule has 0 saturated heterocycles. The fraction of sp³-hybridized carbons (Fsp3) is 0.300. The summed E-state index contributed by atoms with van der Waals surface area (Å²) in [5.41, 5.74) is 1.04. The summed E-state index contributed by atoms with van der Waals surface area (Å²) in [6, 6.07) is 3.96. The second kappa shape index (κ2) is 3.71. The van der Waals surface area contributed by atoms with Gasteiger partial charge in [-0.25, -0.2) is 4.98 Å². The van der Waals surface area contributed by atoms with Crippen LogP contribution in [0.25, 0.3) is 5.52 Å². The van der Waals surface area contributed by atoms with Gasteiger partial charge in [-0.2, -0.15) is 0 Å². The molecule has 74 valence electrons. The number of pyridine rings is 1. The van der Waals surface area contributed by atoms with Gasteiger partial charge >= 0.3 is 0 Å². The number of fused-ring (bicyclic) bond motifs is 1. The maximum atomic E-state index is 9.28. The number of nitrogens with zero attached hydrogens (tertiary/aromatic N) is 2. The second-order valence-electron chi connectivity index (χ2n) is 3.37. The molecule has 0 bridgehead atoms. The van der Waals surface area contributed by atoms with Crippen LogP contribution in [0.3, 0.4) is 0 Å². The zero-order chi connectivity index (χ0) is 10.1. The molecule has 1 unspecified atom stereocenters. The van der Waals surface area contributed by atoms with Crippen molar-refractivity contribution in [3.8, 4) is 0 Å². The van der Waals surface area contributed by atoms with E-state index in [2.05, 4.69) is 20.9 Å². The van der Waals surface area contributed by atoms with Crippen LogP contribution in [0.15, 0.2) is 29.0 Å². The van der Waals surface area contributed by atoms with Crippen LogP contribution in [0.4, 0.5) is 0 Å². The molecule has 0 aliphatic carbocycles. The maximum Gasteiger partial charge on any atom is 0.115 e. The largest absolute Gasteiger partial charge is 0.393 e. The molecule has 2 aromatic rings. The van der Waals surface area contributed by atoms with Crippen molar-refractivity contribution in [3.05, 3.63) is 34.8 Å². The van der Waals surface area contributed by atoms with E-state index in [1.165, 1.54) is 0 Å². The fourth-order valence-electron chi connectivity index (χ4n) is 1.44. The molecule has 0 radical (unpaired) electrons. The molecule has 2 rings (SSSR count). The standard InChI is InChI=1S/C10H11BrN2O/c1-7(14)4-10-12-6-9-5-8(11)2-3-13(9)10/h2-3,5-7,14H,4H2,1H3. The van der Waals surface area contributed by atoms with Crippen molar-refractivity contribution in [1.82, 2.24) is 9.38 Å². The van der Waals surface area contributed by atoms with E-state index in [9.17, 15) is 5.11 Å². The lowest BCUT2D eigenvalue weighted by Crippen LogP contribution is -2.07. The minimum atomic E-state index is -0.357. The van der Waals surface area contributed by atoms with E-state index in [1.807, 2.05) is 28.9 Å². The number of rotatable bonds is 2. The maximum absolute atomic E-state index is 9.28. The monoisotopic (exact) mass is 254 g/mol. The third-order valence-electron chi connectivity index (χ3n) is 2.05. The Labute approximate surface area is 90.5 Å². The average molecular weight is 255 g/mol. The van der Waals surface area contributed by atoms with Crippen molar-refractivity contribution in [3.63, 3.8) is 0 Å². The van der Waals surface area contributed by atoms with Gasteiger partial charge in [-0.1, -0.05) is 15.9 Å². The predicted molar refractivity (Wildman–Crippen MR) is 58.3 cm³/mol. The minimum Gasteiger partial charge on any atom is -0.393 e. The summed E-state index contributed by atoms with van der Waals surface area (Å²) < 4.78 is 3.02. The molecular weight excluding hydrogens is 244 g/mol. The Bertz CT molecular complexity index is 450. The van der Waals surface area contributed by atoms with Gasteiger partial charge in [0.1, 0.15) is 5.82 Å². The molecule has 0 amide bonds. The summed E-state index contributed by atoms with van der Waals surface area (Å²) in [4.78, 5) is 4.26. The topological polar surface area (TPSA) is 37.5 Å². The molecule has 2 heterocycles. The lowest BCUT2D eigenvalue weighted by Gasteiger charge is -2.03. The van der Waals surface area contributed by atoms with Crippen LogP contribution in [0.2, 0.25) is 0 Å². The van der Waals surface area contributed by atoms with Crippen LogP contribution in [-0.2, 0) is 6.42 Å². The van der Waals surface area contributed by atoms with E-state index in [-0.39, 0.29) is 6.10 Å². The SMILES string of the molecule is CC(O)Cc1ncc2cc(Br)ccn12. The summed E-state index contributed by atoms with van der Waals surface area (Å²) in [5, 5.41) is 9.28. The van der Waals surface area contributed by atoms with Gasteiger partial charge in [0.2, 0.25) is 0 Å². The lowest BCUT2D eigenvalue weighted by atomic mass is 10.3. The highest BCUT2D eigenvalue weighted by Gasteiger charge is 2.06. The molecule has 1 atom stereocenters. The van der Waals surface area contributed by atoms with E-state index in [0.717, 1.165) is 15.8 Å². The molecule has 3 nitrogen and oxygen atoms in total. The number of halogens is 1. The van der Waals surface area contributed by atoms with E-state index in [0.29, 0.717) is 6.42 Å². The quantitative estimate of drug-likeness (QED) is 0.891. The van der Waals surface area contributed by atoms with Crippen molar-refractivity contribution in [2.75, 3.05) is 0 Å². The van der Waals surface area contributed by atoms with Crippen molar-refractivity contribution in [2.24, 2.45) is 0 Å². The highest BCUT2D eigenvalue weighted by atomic mass is 79.9. The van der Waals surface area contributed by atoms with Gasteiger partial charge < -0.3 is 9.51 Å². The zero-order valence-electron chi connectivity index (χ0n) is 7.81. The first-order chi connectivity index (χ1) is 6.66. The summed E-state index contributed by atoms with van der Waals surface area (Å²) in [6.45, 7) is 1.76. The van der Waals surface area contributed by atoms with Gasteiger partial charge in [-0.3, -0.25) is 0 Å². The van der Waals surface area contributed by atoms with E-state index in [4.69, 9.17) is 0 Å². The first kappa shape index (κ1) is 9.68. The summed E-state index contributed by atoms with van der Waals surface area (Å²) >= 11 is 3.40. The summed E-state index contributed by atoms with van der Waals surface area (Å²) in [7, 11) is 0. The highest BCUT2D eigenvalue weighted by Crippen LogP contribution is 2.15. The Morgan fingerprint density at radius 1 is 1.64 bits per heavy atom. The molecule has 14 heavy (non-hydrogen) atoms. The highest BCUT2D eigenvalue weighted by molar-refractivity contribution is 9.10. The van der Waals surface area contributed by atoms with Crippen LogP contribution in [-0.4, -0.2) is 20.6 Å². The number of aromatic nitrogens is 2. The zero-order valence-corrected chi connectivity index (χ0v) is 9.40. The number of aliphatic hydroxyl groups is 1. The van der Waals surface area contributed by atoms with E-state index >= 15 is 0 Å². The molecule has 4 heteroatoms. The van der Waals surface area contributed by atoms with Crippen LogP contribution < -0.4 is 0 Å². The minimum absolute atomic E-state index is 0.357. The third kappa shape index (κ3) is 1.81. The number of imidazole rings is 1. The predicted octanol–water partition coefficient (Wildman–Crippen LogP) is 2.02. The van der Waals surface area contributed by atoms with Crippen molar-refractivity contribution < 1.29 is 5.11 Å². The Morgan fingerprint density at radius 3 is 3.14 bits per heavy atom. The Hall–Kier alpha value is -0.870. The number of aliphatic hydroxyl groups excluding tert-OH is 1. The second-order valence-corrected chi connectivity index (χ2v) is 4.28. The molecule has 0 aliphatic rings. The smallest absolute Gasteiger partial charge is 0.115 e. The Morgan fingerprint density at radius 2 is 2.43 bits per heavy atom. The van der Waals surface area contributed by atoms with Gasteiger partial charge in [0.05, 0.1) is 17.8 Å². The van der Waals surface area contributed by atoms with Crippen molar-refractivity contribution in [2.45, 2.75) is 19.4 Å². The van der Waals surface area contributed by atoms with E-state index < -0.39 is 0 Å². The molecule has 2 aromatic heterocycles. The fourth-order valence-corrected chi connectivity index (χ4v) is 1.80. The van der Waals surface area contributed by atoms with Gasteiger partial charge in [-0.15, -0.1) is 0 Å². The van der Waals surface area contributed by atoms with Crippen molar-refractivity contribution >= 4 is 21.4 Å². The van der Waals surface area contributed by atoms with Gasteiger partial charge in [0, 0.05) is 17.1 Å². The summed E-state index contributed by atoms with van der Waals surface area (Å²) in [6.07, 6.45) is 3.98. The Kier molecular flexibility index (Phi) is 2.56. The van der Waals surface area contributed by atoms with Crippen LogP contribution in [0.1, 0.15) is 12.7 Å². The first-order valence-corrected chi connectivity index (χ1v) is 5.25. The van der Waals surface area contributed by atoms with Gasteiger partial charge in [0.25, 0.3) is 0 Å². The normalized spacial score (nSPS) is 13.4. The van der Waals surface area contributed by atoms with Crippen LogP contribution in [0.5, 0.6) is 0 Å². The molecule has 0 aromatic carbocycles. The average Bonchev–Trinajstić information content (AvgIpc) is 2.47. The number of hydrogen-bond acceptors (Lipinski definition) is 2. The third-order valence-corrected chi connectivity index (χ3v) is 2.54. The summed E-state index contributed by atoms with van der Waals surface area (Å²) in [5.74, 6) is 0.891. The molecule has 0 spiro atoms. The van der Waals surface area contributed by atoms with Crippen LogP contribution >= 0.6 is 15.9 Å². The first-order valence-electron chi connectivity index (χ1n) is 4.46. The van der Waals surface area contributed by atoms with E-state index in [1.54, 1.807) is 6.92 Å². The molecular formula is C10H11BrN2O. The molecule has 0 saturated carbocycles. The molecule has 0 fully saturated rings. The Balaban J connectivity index is 2.47. The number of hydrogen-bond donors (Lipinski definition) is 1.